The van der Waals surface area contributed by atoms with Gasteiger partial charge in [0, 0.05) is 17.3 Å². The lowest BCUT2D eigenvalue weighted by Gasteiger charge is -2.23. The van der Waals surface area contributed by atoms with Crippen molar-refractivity contribution in [3.63, 3.8) is 0 Å². The maximum Gasteiger partial charge on any atom is 0.275 e. The summed E-state index contributed by atoms with van der Waals surface area (Å²) in [5.74, 6) is 2.36. The number of hydrogen-bond donors (Lipinski definition) is 3. The Bertz CT molecular complexity index is 1220. The van der Waals surface area contributed by atoms with E-state index in [-0.39, 0.29) is 5.91 Å². The molecule has 32 heavy (non-hydrogen) atoms. The highest BCUT2D eigenvalue weighted by molar-refractivity contribution is 6.07. The molecule has 2 heterocycles. The largest absolute Gasteiger partial charge is 0.497 e. The summed E-state index contributed by atoms with van der Waals surface area (Å²) in [6.45, 7) is 3.75. The van der Waals surface area contributed by atoms with Gasteiger partial charge in [0.25, 0.3) is 5.91 Å². The molecule has 1 amide bonds. The van der Waals surface area contributed by atoms with Crippen LogP contribution in [0.5, 0.6) is 17.2 Å². The number of aryl methyl sites for hydroxylation is 1. The summed E-state index contributed by atoms with van der Waals surface area (Å²) in [6, 6.07) is 12.9. The number of nitrogens with one attached hydrogen (secondary N) is 3. The van der Waals surface area contributed by atoms with Crippen molar-refractivity contribution in [3.8, 4) is 28.4 Å². The summed E-state index contributed by atoms with van der Waals surface area (Å²) < 4.78 is 17.7. The first-order valence-electron chi connectivity index (χ1n) is 9.97. The molecule has 3 N–H and O–H groups in total. The first-order chi connectivity index (χ1) is 15.5. The predicted octanol–water partition coefficient (Wildman–Crippen LogP) is 3.64. The van der Waals surface area contributed by atoms with Crippen molar-refractivity contribution in [2.24, 2.45) is 0 Å². The molecular weight excluding hydrogens is 410 g/mol. The average Bonchev–Trinajstić information content (AvgIpc) is 3.15. The standard InChI is InChI=1S/C23H25N5O4/c1-13-20(15-9-10-18(31-4)19(11-15)32-5)22-26-25-21(14(2)28(22)27-13)23(29)24-16-7-6-8-17(12-16)30-3/h6-12,25-26H,1-5H3,(H,24,29). The van der Waals surface area contributed by atoms with Gasteiger partial charge in [0.05, 0.1) is 32.7 Å². The van der Waals surface area contributed by atoms with E-state index >= 15 is 0 Å². The van der Waals surface area contributed by atoms with Crippen molar-refractivity contribution in [1.82, 2.24) is 15.2 Å². The minimum atomic E-state index is -0.297. The highest BCUT2D eigenvalue weighted by atomic mass is 16.5. The zero-order valence-electron chi connectivity index (χ0n) is 18.6. The maximum atomic E-state index is 12.9. The quantitative estimate of drug-likeness (QED) is 0.544. The van der Waals surface area contributed by atoms with E-state index in [1.165, 1.54) is 0 Å². The fraction of sp³-hybridized carbons (Fsp3) is 0.217. The maximum absolute atomic E-state index is 12.9. The first-order valence-corrected chi connectivity index (χ1v) is 9.97. The monoisotopic (exact) mass is 435 g/mol. The van der Waals surface area contributed by atoms with E-state index in [0.29, 0.717) is 34.3 Å². The van der Waals surface area contributed by atoms with Crippen molar-refractivity contribution in [3.05, 3.63) is 53.9 Å². The van der Waals surface area contributed by atoms with E-state index in [2.05, 4.69) is 21.3 Å². The Morgan fingerprint density at radius 1 is 0.969 bits per heavy atom. The summed E-state index contributed by atoms with van der Waals surface area (Å²) in [7, 11) is 4.78. The number of anilines is 2. The number of hydrogen-bond acceptors (Lipinski definition) is 7. The van der Waals surface area contributed by atoms with Gasteiger partial charge in [0.15, 0.2) is 17.3 Å². The zero-order valence-corrected chi connectivity index (χ0v) is 18.6. The summed E-state index contributed by atoms with van der Waals surface area (Å²) in [5, 5.41) is 7.54. The Balaban J connectivity index is 1.68. The molecule has 0 saturated heterocycles. The lowest BCUT2D eigenvalue weighted by molar-refractivity contribution is -0.113. The lowest BCUT2D eigenvalue weighted by atomic mass is 10.0. The Labute approximate surface area is 185 Å². The third-order valence-corrected chi connectivity index (χ3v) is 5.27. The molecule has 0 saturated carbocycles. The van der Waals surface area contributed by atoms with Gasteiger partial charge in [-0.25, -0.2) is 4.68 Å². The highest BCUT2D eigenvalue weighted by Crippen LogP contribution is 2.39. The minimum Gasteiger partial charge on any atom is -0.497 e. The molecule has 0 radical (unpaired) electrons. The lowest BCUT2D eigenvalue weighted by Crippen LogP contribution is -2.36. The number of fused-ring (bicyclic) bond motifs is 1. The number of aromatic nitrogens is 2. The number of carbonyl (C=O) groups is 1. The van der Waals surface area contributed by atoms with Crippen LogP contribution in [0.2, 0.25) is 0 Å². The molecule has 1 aliphatic heterocycles. The molecule has 2 aromatic carbocycles. The van der Waals surface area contributed by atoms with Crippen LogP contribution >= 0.6 is 0 Å². The van der Waals surface area contributed by atoms with E-state index in [1.807, 2.05) is 44.2 Å². The molecule has 4 rings (SSSR count). The third kappa shape index (κ3) is 3.68. The van der Waals surface area contributed by atoms with Gasteiger partial charge in [0.2, 0.25) is 0 Å². The number of carbonyl (C=O) groups excluding carboxylic acids is 1. The molecule has 0 bridgehead atoms. The second-order valence-electron chi connectivity index (χ2n) is 7.19. The molecule has 3 aromatic rings. The van der Waals surface area contributed by atoms with Crippen LogP contribution < -0.4 is 30.4 Å². The molecule has 0 aliphatic carbocycles. The van der Waals surface area contributed by atoms with Crippen LogP contribution in [0.3, 0.4) is 0 Å². The fourth-order valence-electron chi connectivity index (χ4n) is 3.66. The number of allylic oxidation sites excluding steroid dienone is 1. The Morgan fingerprint density at radius 3 is 2.47 bits per heavy atom. The van der Waals surface area contributed by atoms with Crippen LogP contribution in [0, 0.1) is 6.92 Å². The molecule has 0 fully saturated rings. The van der Waals surface area contributed by atoms with Crippen molar-refractivity contribution >= 4 is 23.1 Å². The molecule has 9 heteroatoms. The fourth-order valence-corrected chi connectivity index (χ4v) is 3.66. The summed E-state index contributed by atoms with van der Waals surface area (Å²) >= 11 is 0. The normalized spacial score (nSPS) is 12.4. The summed E-state index contributed by atoms with van der Waals surface area (Å²) in [5.41, 5.74) is 10.4. The van der Waals surface area contributed by atoms with Crippen LogP contribution in [0.1, 0.15) is 12.6 Å². The van der Waals surface area contributed by atoms with Crippen molar-refractivity contribution in [1.29, 1.82) is 0 Å². The number of benzene rings is 2. The number of methoxy groups -OCH3 is 3. The van der Waals surface area contributed by atoms with E-state index in [1.54, 1.807) is 38.1 Å². The molecule has 0 atom stereocenters. The first kappa shape index (κ1) is 21.1. The van der Waals surface area contributed by atoms with Crippen LogP contribution in [0.4, 0.5) is 11.5 Å². The third-order valence-electron chi connectivity index (χ3n) is 5.27. The van der Waals surface area contributed by atoms with Crippen LogP contribution in [0.25, 0.3) is 16.8 Å². The molecule has 0 spiro atoms. The summed E-state index contributed by atoms with van der Waals surface area (Å²) in [4.78, 5) is 12.9. The number of nitrogens with zero attached hydrogens (tertiary/aromatic N) is 2. The van der Waals surface area contributed by atoms with Crippen molar-refractivity contribution < 1.29 is 19.0 Å². The molecule has 166 valence electrons. The van der Waals surface area contributed by atoms with E-state index < -0.39 is 0 Å². The summed E-state index contributed by atoms with van der Waals surface area (Å²) in [6.07, 6.45) is 0. The number of rotatable bonds is 6. The second kappa shape index (κ2) is 8.54. The molecule has 1 aromatic heterocycles. The molecule has 0 unspecified atom stereocenters. The number of ether oxygens (including phenoxy) is 3. The number of hydrazine groups is 1. The SMILES string of the molecule is COc1cccc(NC(=O)C2=C(C)n3nc(C)c(-c4ccc(OC)c(OC)c4)c3NN2)c1. The molecular formula is C23H25N5O4. The Kier molecular flexibility index (Phi) is 5.63. The Hall–Kier alpha value is -4.14. The van der Waals surface area contributed by atoms with Crippen LogP contribution in [-0.2, 0) is 4.79 Å². The van der Waals surface area contributed by atoms with Crippen molar-refractivity contribution in [2.75, 3.05) is 32.1 Å². The van der Waals surface area contributed by atoms with Gasteiger partial charge in [-0.1, -0.05) is 12.1 Å². The predicted molar refractivity (Wildman–Crippen MR) is 123 cm³/mol. The van der Waals surface area contributed by atoms with Gasteiger partial charge < -0.3 is 19.5 Å². The van der Waals surface area contributed by atoms with E-state index in [9.17, 15) is 4.79 Å². The van der Waals surface area contributed by atoms with Gasteiger partial charge in [-0.15, -0.1) is 0 Å². The van der Waals surface area contributed by atoms with Gasteiger partial charge in [0.1, 0.15) is 11.4 Å². The van der Waals surface area contributed by atoms with Crippen molar-refractivity contribution in [2.45, 2.75) is 13.8 Å². The minimum absolute atomic E-state index is 0.297. The Morgan fingerprint density at radius 2 is 1.75 bits per heavy atom. The smallest absolute Gasteiger partial charge is 0.275 e. The topological polar surface area (TPSA) is 98.7 Å². The molecule has 1 aliphatic rings. The van der Waals surface area contributed by atoms with E-state index in [4.69, 9.17) is 14.2 Å². The van der Waals surface area contributed by atoms with Gasteiger partial charge >= 0.3 is 0 Å². The zero-order chi connectivity index (χ0) is 22.8. The molecule has 9 nitrogen and oxygen atoms in total. The van der Waals surface area contributed by atoms with Gasteiger partial charge in [-0.05, 0) is 43.7 Å². The van der Waals surface area contributed by atoms with Gasteiger partial charge in [-0.2, -0.15) is 5.10 Å². The average molecular weight is 435 g/mol. The number of amides is 1. The van der Waals surface area contributed by atoms with Crippen LogP contribution in [-0.4, -0.2) is 37.0 Å². The second-order valence-corrected chi connectivity index (χ2v) is 7.19. The van der Waals surface area contributed by atoms with Crippen LogP contribution in [0.15, 0.2) is 48.2 Å². The van der Waals surface area contributed by atoms with Gasteiger partial charge in [-0.3, -0.25) is 15.6 Å². The van der Waals surface area contributed by atoms with E-state index in [0.717, 1.165) is 22.6 Å². The highest BCUT2D eigenvalue weighted by Gasteiger charge is 2.26.